The van der Waals surface area contributed by atoms with Crippen molar-refractivity contribution in [2.45, 2.75) is 26.9 Å². The van der Waals surface area contributed by atoms with E-state index in [1.165, 1.54) is 28.8 Å². The van der Waals surface area contributed by atoms with Crippen molar-refractivity contribution in [1.82, 2.24) is 5.32 Å². The van der Waals surface area contributed by atoms with Crippen LogP contribution in [-0.2, 0) is 13.1 Å². The molecule has 94 valence electrons. The Kier molecular flexibility index (Phi) is 4.11. The van der Waals surface area contributed by atoms with E-state index in [1.54, 1.807) is 0 Å². The number of benzene rings is 2. The minimum Gasteiger partial charge on any atom is -0.309 e. The summed E-state index contributed by atoms with van der Waals surface area (Å²) in [5.74, 6) is -0.187. The summed E-state index contributed by atoms with van der Waals surface area (Å²) in [4.78, 5) is 0. The molecule has 0 amide bonds. The average molecular weight is 243 g/mol. The number of halogens is 1. The van der Waals surface area contributed by atoms with Gasteiger partial charge in [0, 0.05) is 13.1 Å². The summed E-state index contributed by atoms with van der Waals surface area (Å²) < 4.78 is 12.8. The molecular formula is C16H18FN. The van der Waals surface area contributed by atoms with E-state index < -0.39 is 0 Å². The predicted octanol–water partition coefficient (Wildman–Crippen LogP) is 3.73. The van der Waals surface area contributed by atoms with E-state index in [2.05, 4.69) is 37.4 Å². The van der Waals surface area contributed by atoms with Crippen molar-refractivity contribution < 1.29 is 4.39 Å². The molecule has 2 rings (SSSR count). The molecule has 0 saturated heterocycles. The molecule has 0 bridgehead atoms. The van der Waals surface area contributed by atoms with Gasteiger partial charge in [0.2, 0.25) is 0 Å². The lowest BCUT2D eigenvalue weighted by Crippen LogP contribution is -2.14. The Morgan fingerprint density at radius 1 is 0.889 bits per heavy atom. The molecule has 18 heavy (non-hydrogen) atoms. The molecule has 0 aliphatic heterocycles. The summed E-state index contributed by atoms with van der Waals surface area (Å²) in [6.07, 6.45) is 0. The van der Waals surface area contributed by atoms with E-state index in [0.717, 1.165) is 18.7 Å². The van der Waals surface area contributed by atoms with Crippen LogP contribution >= 0.6 is 0 Å². The van der Waals surface area contributed by atoms with Gasteiger partial charge >= 0.3 is 0 Å². The van der Waals surface area contributed by atoms with Gasteiger partial charge in [0.15, 0.2) is 0 Å². The Morgan fingerprint density at radius 2 is 1.50 bits per heavy atom. The normalized spacial score (nSPS) is 10.6. The molecule has 0 aromatic heterocycles. The molecule has 2 aromatic rings. The standard InChI is InChI=1S/C16H18FN/c1-12-4-3-5-13(2)16(12)11-18-10-14-6-8-15(17)9-7-14/h3-9,18H,10-11H2,1-2H3. The lowest BCUT2D eigenvalue weighted by atomic mass is 10.0. The largest absolute Gasteiger partial charge is 0.309 e. The van der Waals surface area contributed by atoms with Crippen LogP contribution in [0.25, 0.3) is 0 Å². The van der Waals surface area contributed by atoms with Crippen molar-refractivity contribution in [3.8, 4) is 0 Å². The van der Waals surface area contributed by atoms with Gasteiger partial charge in [0.25, 0.3) is 0 Å². The highest BCUT2D eigenvalue weighted by molar-refractivity contribution is 5.33. The van der Waals surface area contributed by atoms with Crippen LogP contribution in [0.5, 0.6) is 0 Å². The molecule has 1 N–H and O–H groups in total. The van der Waals surface area contributed by atoms with E-state index in [-0.39, 0.29) is 5.82 Å². The van der Waals surface area contributed by atoms with Crippen LogP contribution < -0.4 is 5.32 Å². The van der Waals surface area contributed by atoms with Crippen molar-refractivity contribution in [3.63, 3.8) is 0 Å². The molecule has 0 radical (unpaired) electrons. The molecule has 0 unspecified atom stereocenters. The Bertz CT molecular complexity index is 497. The Labute approximate surface area is 108 Å². The van der Waals surface area contributed by atoms with Gasteiger partial charge in [-0.1, -0.05) is 30.3 Å². The molecule has 2 heteroatoms. The molecule has 0 spiro atoms. The van der Waals surface area contributed by atoms with Crippen LogP contribution in [0.15, 0.2) is 42.5 Å². The zero-order valence-corrected chi connectivity index (χ0v) is 10.8. The zero-order chi connectivity index (χ0) is 13.0. The molecule has 0 aliphatic rings. The van der Waals surface area contributed by atoms with Gasteiger partial charge in [0.1, 0.15) is 5.82 Å². The topological polar surface area (TPSA) is 12.0 Å². The fourth-order valence-corrected chi connectivity index (χ4v) is 2.06. The first-order chi connectivity index (χ1) is 8.66. The van der Waals surface area contributed by atoms with E-state index in [1.807, 2.05) is 12.1 Å². The third-order valence-corrected chi connectivity index (χ3v) is 3.19. The highest BCUT2D eigenvalue weighted by atomic mass is 19.1. The van der Waals surface area contributed by atoms with Crippen LogP contribution in [-0.4, -0.2) is 0 Å². The summed E-state index contributed by atoms with van der Waals surface area (Å²) in [6.45, 7) is 5.85. The van der Waals surface area contributed by atoms with Gasteiger partial charge < -0.3 is 5.32 Å². The minimum atomic E-state index is -0.187. The summed E-state index contributed by atoms with van der Waals surface area (Å²) in [5, 5.41) is 3.40. The van der Waals surface area contributed by atoms with E-state index in [4.69, 9.17) is 0 Å². The smallest absolute Gasteiger partial charge is 0.123 e. The molecule has 0 atom stereocenters. The second kappa shape index (κ2) is 5.78. The highest BCUT2D eigenvalue weighted by Crippen LogP contribution is 2.13. The van der Waals surface area contributed by atoms with E-state index >= 15 is 0 Å². The first-order valence-corrected chi connectivity index (χ1v) is 6.17. The molecular weight excluding hydrogens is 225 g/mol. The number of aryl methyl sites for hydroxylation is 2. The quantitative estimate of drug-likeness (QED) is 0.862. The molecule has 0 saturated carbocycles. The summed E-state index contributed by atoms with van der Waals surface area (Å²) in [5.41, 5.74) is 5.06. The van der Waals surface area contributed by atoms with Crippen molar-refractivity contribution in [2.24, 2.45) is 0 Å². The molecule has 0 aliphatic carbocycles. The number of hydrogen-bond acceptors (Lipinski definition) is 1. The summed E-state index contributed by atoms with van der Waals surface area (Å²) >= 11 is 0. The first kappa shape index (κ1) is 12.8. The fraction of sp³-hybridized carbons (Fsp3) is 0.250. The molecule has 0 heterocycles. The fourth-order valence-electron chi connectivity index (χ4n) is 2.06. The maximum atomic E-state index is 12.8. The van der Waals surface area contributed by atoms with Gasteiger partial charge in [-0.15, -0.1) is 0 Å². The van der Waals surface area contributed by atoms with Crippen molar-refractivity contribution in [3.05, 3.63) is 70.5 Å². The first-order valence-electron chi connectivity index (χ1n) is 6.17. The Hall–Kier alpha value is -1.67. The van der Waals surface area contributed by atoms with Crippen LogP contribution in [0, 0.1) is 19.7 Å². The van der Waals surface area contributed by atoms with Gasteiger partial charge in [-0.3, -0.25) is 0 Å². The van der Waals surface area contributed by atoms with Crippen molar-refractivity contribution >= 4 is 0 Å². The van der Waals surface area contributed by atoms with Crippen LogP contribution in [0.2, 0.25) is 0 Å². The van der Waals surface area contributed by atoms with Gasteiger partial charge in [0.05, 0.1) is 0 Å². The molecule has 0 fully saturated rings. The summed E-state index contributed by atoms with van der Waals surface area (Å²) in [7, 11) is 0. The van der Waals surface area contributed by atoms with Crippen LogP contribution in [0.3, 0.4) is 0 Å². The molecule has 1 nitrogen and oxygen atoms in total. The van der Waals surface area contributed by atoms with Crippen LogP contribution in [0.4, 0.5) is 4.39 Å². The SMILES string of the molecule is Cc1cccc(C)c1CNCc1ccc(F)cc1. The minimum absolute atomic E-state index is 0.187. The van der Waals surface area contributed by atoms with Crippen molar-refractivity contribution in [1.29, 1.82) is 0 Å². The number of rotatable bonds is 4. The highest BCUT2D eigenvalue weighted by Gasteiger charge is 2.01. The second-order valence-corrected chi connectivity index (χ2v) is 4.60. The Morgan fingerprint density at radius 3 is 2.11 bits per heavy atom. The molecule has 2 aromatic carbocycles. The summed E-state index contributed by atoms with van der Waals surface area (Å²) in [6, 6.07) is 12.9. The lowest BCUT2D eigenvalue weighted by Gasteiger charge is -2.11. The Balaban J connectivity index is 1.94. The third kappa shape index (κ3) is 3.17. The number of hydrogen-bond donors (Lipinski definition) is 1. The third-order valence-electron chi connectivity index (χ3n) is 3.19. The van der Waals surface area contributed by atoms with Gasteiger partial charge in [-0.2, -0.15) is 0 Å². The predicted molar refractivity (Wildman–Crippen MR) is 72.9 cm³/mol. The lowest BCUT2D eigenvalue weighted by molar-refractivity contribution is 0.624. The van der Waals surface area contributed by atoms with Crippen molar-refractivity contribution in [2.75, 3.05) is 0 Å². The zero-order valence-electron chi connectivity index (χ0n) is 10.8. The van der Waals surface area contributed by atoms with Crippen LogP contribution in [0.1, 0.15) is 22.3 Å². The number of nitrogens with one attached hydrogen (secondary N) is 1. The average Bonchev–Trinajstić information content (AvgIpc) is 2.35. The monoisotopic (exact) mass is 243 g/mol. The maximum Gasteiger partial charge on any atom is 0.123 e. The van der Waals surface area contributed by atoms with Gasteiger partial charge in [-0.25, -0.2) is 4.39 Å². The van der Waals surface area contributed by atoms with E-state index in [9.17, 15) is 4.39 Å². The maximum absolute atomic E-state index is 12.8. The second-order valence-electron chi connectivity index (χ2n) is 4.60. The van der Waals surface area contributed by atoms with Gasteiger partial charge in [-0.05, 0) is 48.2 Å². The van der Waals surface area contributed by atoms with E-state index in [0.29, 0.717) is 0 Å².